The maximum absolute atomic E-state index is 13.8. The van der Waals surface area contributed by atoms with Gasteiger partial charge in [-0.15, -0.1) is 0 Å². The van der Waals surface area contributed by atoms with E-state index < -0.39 is 23.5 Å². The van der Waals surface area contributed by atoms with Crippen molar-refractivity contribution in [2.45, 2.75) is 6.04 Å². The number of benzene rings is 4. The van der Waals surface area contributed by atoms with Gasteiger partial charge in [-0.05, 0) is 78.4 Å². The van der Waals surface area contributed by atoms with Gasteiger partial charge in [0, 0.05) is 27.5 Å². The molecule has 4 aromatic carbocycles. The van der Waals surface area contributed by atoms with Crippen LogP contribution in [-0.2, 0) is 4.79 Å². The highest BCUT2D eigenvalue weighted by atomic mass is 35.5. The lowest BCUT2D eigenvalue weighted by molar-refractivity contribution is -0.117. The minimum atomic E-state index is -0.963. The van der Waals surface area contributed by atoms with E-state index in [-0.39, 0.29) is 17.1 Å². The lowest BCUT2D eigenvalue weighted by Gasteiger charge is -2.27. The van der Waals surface area contributed by atoms with E-state index in [1.165, 1.54) is 23.1 Å². The highest BCUT2D eigenvalue weighted by Gasteiger charge is 2.45. The highest BCUT2D eigenvalue weighted by molar-refractivity contribution is 6.31. The number of ketones is 1. The van der Waals surface area contributed by atoms with Crippen molar-refractivity contribution in [1.29, 1.82) is 0 Å². The Bertz CT molecular complexity index is 1740. The number of halogens is 1. The van der Waals surface area contributed by atoms with Crippen molar-refractivity contribution in [2.75, 3.05) is 10.2 Å². The number of hydrogen-bond donors (Lipinski definition) is 3. The second-order valence-corrected chi connectivity index (χ2v) is 9.53. The van der Waals surface area contributed by atoms with Gasteiger partial charge in [0.1, 0.15) is 11.3 Å². The van der Waals surface area contributed by atoms with Crippen LogP contribution in [0.4, 0.5) is 17.1 Å². The predicted octanol–water partition coefficient (Wildman–Crippen LogP) is 7.32. The largest absolute Gasteiger partial charge is 0.508 e. The van der Waals surface area contributed by atoms with E-state index in [4.69, 9.17) is 16.0 Å². The number of hydrogen-bond acceptors (Lipinski definition) is 6. The van der Waals surface area contributed by atoms with Gasteiger partial charge in [0.25, 0.3) is 5.91 Å². The number of nitrogens with zero attached hydrogens (tertiary/aromatic N) is 1. The molecule has 6 rings (SSSR count). The average Bonchev–Trinajstić information content (AvgIpc) is 3.48. The van der Waals surface area contributed by atoms with Crippen molar-refractivity contribution < 1.29 is 24.2 Å². The molecule has 192 valence electrons. The zero-order chi connectivity index (χ0) is 27.1. The van der Waals surface area contributed by atoms with Crippen LogP contribution in [0.25, 0.3) is 11.0 Å². The second-order valence-electron chi connectivity index (χ2n) is 9.09. The van der Waals surface area contributed by atoms with Crippen LogP contribution >= 0.6 is 11.6 Å². The van der Waals surface area contributed by atoms with E-state index in [0.29, 0.717) is 27.2 Å². The molecule has 2 heterocycles. The number of anilines is 3. The number of aromatic hydroxyl groups is 1. The number of amides is 1. The molecule has 7 nitrogen and oxygen atoms in total. The van der Waals surface area contributed by atoms with Crippen LogP contribution in [0.5, 0.6) is 5.75 Å². The van der Waals surface area contributed by atoms with Crippen LogP contribution in [-0.4, -0.2) is 21.9 Å². The highest BCUT2D eigenvalue weighted by Crippen LogP contribution is 2.43. The van der Waals surface area contributed by atoms with Crippen LogP contribution in [0.1, 0.15) is 22.2 Å². The van der Waals surface area contributed by atoms with Gasteiger partial charge in [-0.2, -0.15) is 0 Å². The van der Waals surface area contributed by atoms with E-state index >= 15 is 0 Å². The number of carbonyl (C=O) groups excluding carboxylic acids is 2. The Labute approximate surface area is 228 Å². The first kappa shape index (κ1) is 24.3. The topological polar surface area (TPSA) is 103 Å². The molecule has 3 N–H and O–H groups in total. The standard InChI is InChI=1S/C31H21ClN2O5/c32-20-8-15-25-19(16-20)17-26(39-25)29(36)27-28(18-6-13-24(35)14-7-18)34(31(38)30(27)37)23-11-9-22(10-12-23)33-21-4-2-1-3-5-21/h1-17,28,33,35,37H. The fourth-order valence-electron chi connectivity index (χ4n) is 4.73. The molecule has 0 bridgehead atoms. The van der Waals surface area contributed by atoms with E-state index in [0.717, 1.165) is 11.4 Å². The first-order chi connectivity index (χ1) is 18.9. The van der Waals surface area contributed by atoms with Gasteiger partial charge in [0.05, 0.1) is 11.6 Å². The molecule has 0 spiro atoms. The molecule has 8 heteroatoms. The number of Topliss-reactive ketones (excluding diaryl/α,β-unsaturated/α-hetero) is 1. The third-order valence-electron chi connectivity index (χ3n) is 6.57. The van der Waals surface area contributed by atoms with Crippen LogP contribution in [0.15, 0.2) is 119 Å². The van der Waals surface area contributed by atoms with Crippen LogP contribution in [0, 0.1) is 0 Å². The Morgan fingerprint density at radius 2 is 1.54 bits per heavy atom. The predicted molar refractivity (Wildman–Crippen MR) is 150 cm³/mol. The summed E-state index contributed by atoms with van der Waals surface area (Å²) >= 11 is 6.08. The van der Waals surface area contributed by atoms with Crippen molar-refractivity contribution in [1.82, 2.24) is 0 Å². The number of carbonyl (C=O) groups is 2. The Balaban J connectivity index is 1.40. The second kappa shape index (κ2) is 9.70. The summed E-state index contributed by atoms with van der Waals surface area (Å²) in [6, 6.07) is 28.4. The molecule has 1 unspecified atom stereocenters. The normalized spacial score (nSPS) is 15.3. The van der Waals surface area contributed by atoms with Crippen molar-refractivity contribution in [2.24, 2.45) is 0 Å². The van der Waals surface area contributed by atoms with Gasteiger partial charge in [-0.3, -0.25) is 14.5 Å². The minimum Gasteiger partial charge on any atom is -0.508 e. The van der Waals surface area contributed by atoms with Gasteiger partial charge in [0.2, 0.25) is 5.78 Å². The van der Waals surface area contributed by atoms with E-state index in [9.17, 15) is 19.8 Å². The molecule has 1 amide bonds. The van der Waals surface area contributed by atoms with Crippen molar-refractivity contribution in [3.63, 3.8) is 0 Å². The molecular formula is C31H21ClN2O5. The number of phenols is 1. The molecule has 0 fully saturated rings. The lowest BCUT2D eigenvalue weighted by Crippen LogP contribution is -2.31. The quantitative estimate of drug-likeness (QED) is 0.196. The summed E-state index contributed by atoms with van der Waals surface area (Å²) in [4.78, 5) is 28.6. The monoisotopic (exact) mass is 536 g/mol. The number of aliphatic hydroxyl groups excluding tert-OH is 1. The fourth-order valence-corrected chi connectivity index (χ4v) is 4.91. The SMILES string of the molecule is O=C(C1=C(O)C(=O)N(c2ccc(Nc3ccccc3)cc2)C1c1ccc(O)cc1)c1cc2cc(Cl)ccc2o1. The molecule has 1 aliphatic rings. The molecule has 5 aromatic rings. The molecule has 1 atom stereocenters. The summed E-state index contributed by atoms with van der Waals surface area (Å²) in [5.74, 6) is -2.02. The van der Waals surface area contributed by atoms with E-state index in [1.54, 1.807) is 42.5 Å². The van der Waals surface area contributed by atoms with Crippen molar-refractivity contribution >= 4 is 51.3 Å². The molecule has 0 aliphatic carbocycles. The molecule has 1 aromatic heterocycles. The average molecular weight is 537 g/mol. The summed E-state index contributed by atoms with van der Waals surface area (Å²) in [5, 5.41) is 25.3. The molecular weight excluding hydrogens is 516 g/mol. The van der Waals surface area contributed by atoms with Gasteiger partial charge < -0.3 is 19.9 Å². The summed E-state index contributed by atoms with van der Waals surface area (Å²) in [5.41, 5.74) is 3.03. The minimum absolute atomic E-state index is 0.0289. The Kier molecular flexibility index (Phi) is 6.05. The van der Waals surface area contributed by atoms with Crippen LogP contribution in [0.3, 0.4) is 0 Å². The van der Waals surface area contributed by atoms with E-state index in [1.807, 2.05) is 42.5 Å². The van der Waals surface area contributed by atoms with Crippen molar-refractivity contribution in [3.05, 3.63) is 131 Å². The van der Waals surface area contributed by atoms with Crippen LogP contribution < -0.4 is 10.2 Å². The van der Waals surface area contributed by atoms with Gasteiger partial charge in [0.15, 0.2) is 11.5 Å². The maximum Gasteiger partial charge on any atom is 0.294 e. The number of para-hydroxylation sites is 1. The number of rotatable bonds is 6. The molecule has 1 aliphatic heterocycles. The molecule has 39 heavy (non-hydrogen) atoms. The smallest absolute Gasteiger partial charge is 0.294 e. The Hall–Kier alpha value is -5.01. The summed E-state index contributed by atoms with van der Waals surface area (Å²) < 4.78 is 5.77. The van der Waals surface area contributed by atoms with Gasteiger partial charge in [-0.1, -0.05) is 41.9 Å². The number of nitrogens with one attached hydrogen (secondary N) is 1. The van der Waals surface area contributed by atoms with Gasteiger partial charge in [-0.25, -0.2) is 0 Å². The number of furan rings is 1. The summed E-state index contributed by atoms with van der Waals surface area (Å²) in [6.07, 6.45) is 0. The zero-order valence-electron chi connectivity index (χ0n) is 20.3. The third-order valence-corrected chi connectivity index (χ3v) is 6.81. The Morgan fingerprint density at radius 1 is 0.846 bits per heavy atom. The third kappa shape index (κ3) is 4.49. The number of aliphatic hydroxyl groups is 1. The fraction of sp³-hybridized carbons (Fsp3) is 0.0323. The first-order valence-electron chi connectivity index (χ1n) is 12.1. The first-order valence-corrected chi connectivity index (χ1v) is 12.5. The van der Waals surface area contributed by atoms with Crippen LogP contribution in [0.2, 0.25) is 5.02 Å². The maximum atomic E-state index is 13.8. The zero-order valence-corrected chi connectivity index (χ0v) is 21.1. The number of phenolic OH excluding ortho intramolecular Hbond substituents is 1. The summed E-state index contributed by atoms with van der Waals surface area (Å²) in [7, 11) is 0. The number of fused-ring (bicyclic) bond motifs is 1. The molecule has 0 saturated heterocycles. The molecule has 0 saturated carbocycles. The lowest BCUT2D eigenvalue weighted by atomic mass is 9.94. The van der Waals surface area contributed by atoms with Crippen molar-refractivity contribution in [3.8, 4) is 5.75 Å². The Morgan fingerprint density at radius 3 is 2.26 bits per heavy atom. The van der Waals surface area contributed by atoms with E-state index in [2.05, 4.69) is 5.32 Å². The molecule has 0 radical (unpaired) electrons. The summed E-state index contributed by atoms with van der Waals surface area (Å²) in [6.45, 7) is 0. The van der Waals surface area contributed by atoms with Gasteiger partial charge >= 0.3 is 0 Å².